The molecular formula is C10H14N2OS. The summed E-state index contributed by atoms with van der Waals surface area (Å²) in [6, 6.07) is 0.328. The second kappa shape index (κ2) is 3.79. The minimum atomic E-state index is -0.0235. The molecule has 0 spiro atoms. The Morgan fingerprint density at radius 2 is 2.43 bits per heavy atom. The van der Waals surface area contributed by atoms with Crippen LogP contribution in [0.2, 0.25) is 0 Å². The second-order valence-electron chi connectivity index (χ2n) is 3.94. The number of hydrogen-bond donors (Lipinski definition) is 1. The minimum Gasteiger partial charge on any atom is -0.305 e. The lowest BCUT2D eigenvalue weighted by Gasteiger charge is -2.23. The molecule has 1 aliphatic rings. The number of aromatic nitrogens is 1. The number of rotatable bonds is 2. The Morgan fingerprint density at radius 3 is 3.14 bits per heavy atom. The molecule has 0 aliphatic heterocycles. The second-order valence-corrected chi connectivity index (χ2v) is 4.88. The Kier molecular flexibility index (Phi) is 2.65. The van der Waals surface area contributed by atoms with Gasteiger partial charge in [0, 0.05) is 23.8 Å². The van der Waals surface area contributed by atoms with Crippen LogP contribution in [0.5, 0.6) is 0 Å². The van der Waals surface area contributed by atoms with Gasteiger partial charge in [-0.25, -0.2) is 4.98 Å². The Hall–Kier alpha value is -0.740. The third kappa shape index (κ3) is 1.86. The molecule has 0 bridgehead atoms. The molecule has 1 heterocycles. The molecule has 1 unspecified atom stereocenters. The maximum absolute atomic E-state index is 11.7. The van der Waals surface area contributed by atoms with E-state index in [0.29, 0.717) is 18.2 Å². The van der Waals surface area contributed by atoms with Gasteiger partial charge in [-0.2, -0.15) is 0 Å². The third-order valence-corrected chi connectivity index (χ3v) is 3.26. The lowest BCUT2D eigenvalue weighted by molar-refractivity contribution is -0.121. The van der Waals surface area contributed by atoms with E-state index in [4.69, 9.17) is 0 Å². The number of thiazole rings is 1. The molecule has 1 atom stereocenters. The van der Waals surface area contributed by atoms with Crippen LogP contribution in [0.3, 0.4) is 0 Å². The van der Waals surface area contributed by atoms with E-state index in [0.717, 1.165) is 17.0 Å². The van der Waals surface area contributed by atoms with Crippen LogP contribution in [0, 0.1) is 0 Å². The summed E-state index contributed by atoms with van der Waals surface area (Å²) in [4.78, 5) is 17.1. The van der Waals surface area contributed by atoms with Crippen LogP contribution < -0.4 is 5.32 Å². The van der Waals surface area contributed by atoms with E-state index in [1.807, 2.05) is 5.51 Å². The van der Waals surface area contributed by atoms with E-state index in [2.05, 4.69) is 24.1 Å². The highest BCUT2D eigenvalue weighted by Crippen LogP contribution is 2.21. The molecular weight excluding hydrogens is 196 g/mol. The summed E-state index contributed by atoms with van der Waals surface area (Å²) in [5.74, 6) is 0.301. The molecule has 1 aliphatic carbocycles. The fraction of sp³-hybridized carbons (Fsp3) is 0.600. The molecule has 0 saturated heterocycles. The molecule has 2 rings (SSSR count). The quantitative estimate of drug-likeness (QED) is 0.797. The van der Waals surface area contributed by atoms with Gasteiger partial charge in [-0.05, 0) is 0 Å². The molecule has 1 aromatic heterocycles. The van der Waals surface area contributed by atoms with E-state index in [9.17, 15) is 4.79 Å². The Labute approximate surface area is 87.6 Å². The average Bonchev–Trinajstić information content (AvgIpc) is 2.51. The summed E-state index contributed by atoms with van der Waals surface area (Å²) in [6.07, 6.45) is 1.32. The van der Waals surface area contributed by atoms with Crippen molar-refractivity contribution in [3.63, 3.8) is 0 Å². The number of carbonyl (C=O) groups is 1. The van der Waals surface area contributed by atoms with Gasteiger partial charge in [-0.1, -0.05) is 13.8 Å². The van der Waals surface area contributed by atoms with Gasteiger partial charge in [0.1, 0.15) is 0 Å². The van der Waals surface area contributed by atoms with Gasteiger partial charge in [-0.3, -0.25) is 4.79 Å². The molecule has 1 N–H and O–H groups in total. The average molecular weight is 210 g/mol. The molecule has 4 heteroatoms. The van der Waals surface area contributed by atoms with E-state index in [-0.39, 0.29) is 6.04 Å². The SMILES string of the molecule is CC(C)NC1Cc2ncsc2CC1=O. The fourth-order valence-electron chi connectivity index (χ4n) is 1.75. The number of hydrogen-bond acceptors (Lipinski definition) is 4. The van der Waals surface area contributed by atoms with Gasteiger partial charge >= 0.3 is 0 Å². The van der Waals surface area contributed by atoms with Crippen molar-refractivity contribution < 1.29 is 4.79 Å². The van der Waals surface area contributed by atoms with Crippen molar-refractivity contribution in [3.05, 3.63) is 16.1 Å². The molecule has 0 aromatic carbocycles. The van der Waals surface area contributed by atoms with Crippen molar-refractivity contribution in [3.8, 4) is 0 Å². The molecule has 0 amide bonds. The third-order valence-electron chi connectivity index (χ3n) is 2.38. The van der Waals surface area contributed by atoms with Crippen LogP contribution in [0.15, 0.2) is 5.51 Å². The first-order valence-electron chi connectivity index (χ1n) is 4.87. The summed E-state index contributed by atoms with van der Waals surface area (Å²) in [5.41, 5.74) is 2.93. The topological polar surface area (TPSA) is 42.0 Å². The molecule has 76 valence electrons. The first-order valence-corrected chi connectivity index (χ1v) is 5.75. The first kappa shape index (κ1) is 9.80. The monoisotopic (exact) mass is 210 g/mol. The van der Waals surface area contributed by atoms with Crippen molar-refractivity contribution in [2.24, 2.45) is 0 Å². The van der Waals surface area contributed by atoms with Crippen LogP contribution in [0.1, 0.15) is 24.4 Å². The van der Waals surface area contributed by atoms with Gasteiger partial charge in [0.15, 0.2) is 5.78 Å². The Bertz CT molecular complexity index is 346. The van der Waals surface area contributed by atoms with Crippen molar-refractivity contribution in [2.75, 3.05) is 0 Å². The van der Waals surface area contributed by atoms with E-state index in [1.165, 1.54) is 0 Å². The zero-order valence-electron chi connectivity index (χ0n) is 8.41. The summed E-state index contributed by atoms with van der Waals surface area (Å²) in [5, 5.41) is 3.28. The Morgan fingerprint density at radius 1 is 1.64 bits per heavy atom. The number of nitrogens with one attached hydrogen (secondary N) is 1. The van der Waals surface area contributed by atoms with Gasteiger partial charge in [0.2, 0.25) is 0 Å². The lowest BCUT2D eigenvalue weighted by atomic mass is 9.95. The maximum atomic E-state index is 11.7. The lowest BCUT2D eigenvalue weighted by Crippen LogP contribution is -2.45. The Balaban J connectivity index is 2.13. The van der Waals surface area contributed by atoms with Crippen LogP contribution in [-0.2, 0) is 17.6 Å². The number of carbonyl (C=O) groups excluding carboxylic acids is 1. The van der Waals surface area contributed by atoms with Gasteiger partial charge in [-0.15, -0.1) is 11.3 Å². The standard InChI is InChI=1S/C10H14N2OS/c1-6(2)12-7-3-8-10(4-9(7)13)14-5-11-8/h5-7,12H,3-4H2,1-2H3. The molecule has 0 saturated carbocycles. The zero-order valence-corrected chi connectivity index (χ0v) is 9.23. The first-order chi connectivity index (χ1) is 6.66. The molecule has 3 nitrogen and oxygen atoms in total. The highest BCUT2D eigenvalue weighted by Gasteiger charge is 2.28. The van der Waals surface area contributed by atoms with Crippen molar-refractivity contribution in [1.29, 1.82) is 0 Å². The van der Waals surface area contributed by atoms with Gasteiger partial charge in [0.05, 0.1) is 17.2 Å². The van der Waals surface area contributed by atoms with Gasteiger partial charge in [0.25, 0.3) is 0 Å². The highest BCUT2D eigenvalue weighted by molar-refractivity contribution is 7.09. The molecule has 0 radical (unpaired) electrons. The summed E-state index contributed by atoms with van der Waals surface area (Å²) < 4.78 is 0. The number of nitrogens with zero attached hydrogens (tertiary/aromatic N) is 1. The largest absolute Gasteiger partial charge is 0.305 e. The number of ketones is 1. The fourth-order valence-corrected chi connectivity index (χ4v) is 2.55. The predicted octanol–water partition coefficient (Wildman–Crippen LogP) is 1.18. The van der Waals surface area contributed by atoms with Crippen molar-refractivity contribution >= 4 is 17.1 Å². The van der Waals surface area contributed by atoms with Crippen LogP contribution in [0.4, 0.5) is 0 Å². The molecule has 1 aromatic rings. The summed E-state index contributed by atoms with van der Waals surface area (Å²) >= 11 is 1.59. The van der Waals surface area contributed by atoms with E-state index < -0.39 is 0 Å². The van der Waals surface area contributed by atoms with E-state index in [1.54, 1.807) is 11.3 Å². The van der Waals surface area contributed by atoms with Gasteiger partial charge < -0.3 is 5.32 Å². The van der Waals surface area contributed by atoms with Crippen LogP contribution in [0.25, 0.3) is 0 Å². The van der Waals surface area contributed by atoms with Crippen LogP contribution in [-0.4, -0.2) is 22.9 Å². The number of Topliss-reactive ketones (excluding diaryl/α,β-unsaturated/α-hetero) is 1. The maximum Gasteiger partial charge on any atom is 0.155 e. The minimum absolute atomic E-state index is 0.0235. The van der Waals surface area contributed by atoms with Crippen molar-refractivity contribution in [2.45, 2.75) is 38.8 Å². The normalized spacial score (nSPS) is 21.4. The van der Waals surface area contributed by atoms with E-state index >= 15 is 0 Å². The number of fused-ring (bicyclic) bond motifs is 1. The molecule has 0 fully saturated rings. The smallest absolute Gasteiger partial charge is 0.155 e. The van der Waals surface area contributed by atoms with Crippen LogP contribution >= 0.6 is 11.3 Å². The predicted molar refractivity (Wildman–Crippen MR) is 56.6 cm³/mol. The molecule has 14 heavy (non-hydrogen) atoms. The summed E-state index contributed by atoms with van der Waals surface area (Å²) in [7, 11) is 0. The highest BCUT2D eigenvalue weighted by atomic mass is 32.1. The zero-order chi connectivity index (χ0) is 10.1. The van der Waals surface area contributed by atoms with Crippen molar-refractivity contribution in [1.82, 2.24) is 10.3 Å². The summed E-state index contributed by atoms with van der Waals surface area (Å²) in [6.45, 7) is 4.12.